The van der Waals surface area contributed by atoms with Gasteiger partial charge in [-0.15, -0.1) is 0 Å². The van der Waals surface area contributed by atoms with Gasteiger partial charge in [0.05, 0.1) is 15.9 Å². The number of halogens is 3. The van der Waals surface area contributed by atoms with E-state index in [1.54, 1.807) is 13.8 Å². The molecule has 2 heterocycles. The lowest BCUT2D eigenvalue weighted by atomic mass is 10.3. The van der Waals surface area contributed by atoms with Crippen molar-refractivity contribution in [2.24, 2.45) is 5.73 Å². The third-order valence-electron chi connectivity index (χ3n) is 3.25. The van der Waals surface area contributed by atoms with Crippen LogP contribution in [-0.2, 0) is 17.9 Å². The van der Waals surface area contributed by atoms with E-state index in [1.807, 2.05) is 0 Å². The molecule has 2 amide bonds. The predicted octanol–water partition coefficient (Wildman–Crippen LogP) is 1.85. The first kappa shape index (κ1) is 18.0. The first-order chi connectivity index (χ1) is 11.2. The second-order valence-electron chi connectivity index (χ2n) is 4.90. The average molecular weight is 405 g/mol. The molecular formula is C13H15BrF2N6O2. The summed E-state index contributed by atoms with van der Waals surface area (Å²) in [5.41, 5.74) is 5.26. The number of amides is 2. The molecule has 130 valence electrons. The quantitative estimate of drug-likeness (QED) is 0.765. The van der Waals surface area contributed by atoms with E-state index in [4.69, 9.17) is 5.73 Å². The Kier molecular flexibility index (Phi) is 5.32. The van der Waals surface area contributed by atoms with E-state index in [0.717, 1.165) is 4.68 Å². The Bertz CT molecular complexity index is 786. The monoisotopic (exact) mass is 404 g/mol. The number of nitrogens with one attached hydrogen (secondary N) is 1. The molecule has 8 nitrogen and oxygen atoms in total. The van der Waals surface area contributed by atoms with Crippen LogP contribution in [-0.4, -0.2) is 31.4 Å². The molecule has 0 saturated carbocycles. The Labute approximate surface area is 144 Å². The van der Waals surface area contributed by atoms with E-state index in [9.17, 15) is 18.4 Å². The smallest absolute Gasteiger partial charge is 0.283 e. The molecule has 2 aromatic rings. The van der Waals surface area contributed by atoms with Crippen molar-refractivity contribution in [2.75, 3.05) is 5.32 Å². The van der Waals surface area contributed by atoms with Crippen molar-refractivity contribution < 1.29 is 18.4 Å². The van der Waals surface area contributed by atoms with Gasteiger partial charge in [0.25, 0.3) is 12.3 Å². The maximum absolute atomic E-state index is 12.8. The van der Waals surface area contributed by atoms with Gasteiger partial charge < -0.3 is 11.1 Å². The second-order valence-corrected chi connectivity index (χ2v) is 5.70. The van der Waals surface area contributed by atoms with E-state index in [-0.39, 0.29) is 22.4 Å². The number of rotatable bonds is 6. The van der Waals surface area contributed by atoms with Gasteiger partial charge in [0, 0.05) is 12.7 Å². The maximum Gasteiger partial charge on any atom is 0.283 e. The van der Waals surface area contributed by atoms with Gasteiger partial charge in [-0.3, -0.25) is 19.0 Å². The summed E-state index contributed by atoms with van der Waals surface area (Å²) in [6.07, 6.45) is -1.29. The number of anilines is 1. The summed E-state index contributed by atoms with van der Waals surface area (Å²) < 4.78 is 28.4. The van der Waals surface area contributed by atoms with Crippen molar-refractivity contribution in [1.82, 2.24) is 19.6 Å². The molecule has 0 aliphatic carbocycles. The third-order valence-corrected chi connectivity index (χ3v) is 4.23. The summed E-state index contributed by atoms with van der Waals surface area (Å²) in [4.78, 5) is 23.5. The van der Waals surface area contributed by atoms with Crippen LogP contribution in [0.1, 0.15) is 35.2 Å². The number of alkyl halides is 2. The summed E-state index contributed by atoms with van der Waals surface area (Å²) >= 11 is 3.03. The number of carbonyl (C=O) groups excluding carboxylic acids is 2. The van der Waals surface area contributed by atoms with E-state index < -0.39 is 23.9 Å². The van der Waals surface area contributed by atoms with Gasteiger partial charge >= 0.3 is 0 Å². The number of hydrogen-bond acceptors (Lipinski definition) is 4. The molecule has 0 atom stereocenters. The van der Waals surface area contributed by atoms with Crippen LogP contribution in [0.4, 0.5) is 14.5 Å². The van der Waals surface area contributed by atoms with Gasteiger partial charge in [-0.1, -0.05) is 0 Å². The van der Waals surface area contributed by atoms with Gasteiger partial charge in [-0.05, 0) is 29.8 Å². The molecule has 0 spiro atoms. The highest BCUT2D eigenvalue weighted by Gasteiger charge is 2.22. The van der Waals surface area contributed by atoms with Gasteiger partial charge in [0.1, 0.15) is 12.2 Å². The molecule has 2 rings (SSSR count). The molecule has 0 aliphatic rings. The summed E-state index contributed by atoms with van der Waals surface area (Å²) in [5, 5.41) is 10.2. The molecule has 0 unspecified atom stereocenters. The van der Waals surface area contributed by atoms with Crippen LogP contribution < -0.4 is 11.1 Å². The highest BCUT2D eigenvalue weighted by molar-refractivity contribution is 9.10. The fourth-order valence-corrected chi connectivity index (χ4v) is 2.48. The zero-order valence-corrected chi connectivity index (χ0v) is 14.5. The van der Waals surface area contributed by atoms with Crippen molar-refractivity contribution in [3.05, 3.63) is 27.8 Å². The fraction of sp³-hybridized carbons (Fsp3) is 0.385. The molecule has 0 fully saturated rings. The van der Waals surface area contributed by atoms with Crippen LogP contribution in [0.3, 0.4) is 0 Å². The highest BCUT2D eigenvalue weighted by Crippen LogP contribution is 2.29. The highest BCUT2D eigenvalue weighted by atomic mass is 79.9. The Morgan fingerprint density at radius 3 is 2.58 bits per heavy atom. The van der Waals surface area contributed by atoms with E-state index in [1.165, 1.54) is 10.9 Å². The third kappa shape index (κ3) is 3.61. The maximum atomic E-state index is 12.8. The predicted molar refractivity (Wildman–Crippen MR) is 84.7 cm³/mol. The van der Waals surface area contributed by atoms with Crippen molar-refractivity contribution in [3.8, 4) is 0 Å². The second kappa shape index (κ2) is 7.07. The van der Waals surface area contributed by atoms with Crippen LogP contribution in [0, 0.1) is 6.92 Å². The molecular weight excluding hydrogens is 390 g/mol. The Hall–Kier alpha value is -2.30. The Balaban J connectivity index is 2.19. The van der Waals surface area contributed by atoms with Gasteiger partial charge in [0.2, 0.25) is 5.91 Å². The topological polar surface area (TPSA) is 108 Å². The van der Waals surface area contributed by atoms with Crippen LogP contribution in [0.5, 0.6) is 0 Å². The van der Waals surface area contributed by atoms with Crippen molar-refractivity contribution in [1.29, 1.82) is 0 Å². The van der Waals surface area contributed by atoms with Crippen LogP contribution >= 0.6 is 15.9 Å². The molecule has 0 radical (unpaired) electrons. The summed E-state index contributed by atoms with van der Waals surface area (Å²) in [6, 6.07) is 0. The normalized spacial score (nSPS) is 11.1. The molecule has 3 N–H and O–H groups in total. The number of primary amides is 1. The van der Waals surface area contributed by atoms with E-state index in [0.29, 0.717) is 12.2 Å². The number of nitrogens with zero attached hydrogens (tertiary/aromatic N) is 4. The lowest BCUT2D eigenvalue weighted by Crippen LogP contribution is -2.22. The van der Waals surface area contributed by atoms with E-state index in [2.05, 4.69) is 31.4 Å². The van der Waals surface area contributed by atoms with Crippen molar-refractivity contribution in [3.63, 3.8) is 0 Å². The molecule has 11 heteroatoms. The number of aryl methyl sites for hydroxylation is 1. The lowest BCUT2D eigenvalue weighted by Gasteiger charge is -2.06. The zero-order valence-electron chi connectivity index (χ0n) is 12.9. The first-order valence-electron chi connectivity index (χ1n) is 6.92. The average Bonchev–Trinajstić information content (AvgIpc) is 3.03. The fourth-order valence-electron chi connectivity index (χ4n) is 2.02. The van der Waals surface area contributed by atoms with Crippen molar-refractivity contribution >= 4 is 33.4 Å². The van der Waals surface area contributed by atoms with Crippen LogP contribution in [0.25, 0.3) is 0 Å². The standard InChI is InChI=1S/C13H15BrF2N6O2/c1-3-21-4-7(10(19-21)13(17)24)18-8(23)5-22-6(2)9(14)11(20-22)12(15)16/h4,12H,3,5H2,1-2H3,(H2,17,24)(H,18,23). The lowest BCUT2D eigenvalue weighted by molar-refractivity contribution is -0.117. The molecule has 0 bridgehead atoms. The SMILES string of the molecule is CCn1cc(NC(=O)Cn2nc(C(F)F)c(Br)c2C)c(C(N)=O)n1. The summed E-state index contributed by atoms with van der Waals surface area (Å²) in [5.74, 6) is -1.33. The first-order valence-corrected chi connectivity index (χ1v) is 7.71. The minimum Gasteiger partial charge on any atom is -0.364 e. The molecule has 0 saturated heterocycles. The molecule has 0 aliphatic heterocycles. The largest absolute Gasteiger partial charge is 0.364 e. The number of carbonyl (C=O) groups is 2. The van der Waals surface area contributed by atoms with E-state index >= 15 is 0 Å². The molecule has 24 heavy (non-hydrogen) atoms. The summed E-state index contributed by atoms with van der Waals surface area (Å²) in [7, 11) is 0. The number of nitrogens with two attached hydrogens (primary N) is 1. The summed E-state index contributed by atoms with van der Waals surface area (Å²) in [6.45, 7) is 3.55. The van der Waals surface area contributed by atoms with Crippen LogP contribution in [0.2, 0.25) is 0 Å². The number of hydrogen-bond donors (Lipinski definition) is 2. The minimum absolute atomic E-state index is 0.0724. The molecule has 0 aromatic carbocycles. The van der Waals surface area contributed by atoms with Gasteiger partial charge in [-0.25, -0.2) is 8.78 Å². The Morgan fingerprint density at radius 1 is 1.42 bits per heavy atom. The van der Waals surface area contributed by atoms with Crippen LogP contribution in [0.15, 0.2) is 10.7 Å². The Morgan fingerprint density at radius 2 is 2.08 bits per heavy atom. The number of aromatic nitrogens is 4. The minimum atomic E-state index is -2.76. The van der Waals surface area contributed by atoms with Crippen molar-refractivity contribution in [2.45, 2.75) is 33.4 Å². The molecule has 2 aromatic heterocycles. The van der Waals surface area contributed by atoms with Gasteiger partial charge in [0.15, 0.2) is 5.69 Å². The van der Waals surface area contributed by atoms with Gasteiger partial charge in [-0.2, -0.15) is 10.2 Å². The zero-order chi connectivity index (χ0) is 18.0.